The van der Waals surface area contributed by atoms with Gasteiger partial charge in [-0.1, -0.05) is 0 Å². The van der Waals surface area contributed by atoms with Crippen LogP contribution in [0.1, 0.15) is 58.8 Å². The number of amides is 1. The zero-order chi connectivity index (χ0) is 14.5. The topological polar surface area (TPSA) is 20.3 Å². The first-order valence-electron chi connectivity index (χ1n) is 8.16. The van der Waals surface area contributed by atoms with Crippen LogP contribution in [0.3, 0.4) is 0 Å². The molecule has 0 aromatic carbocycles. The number of hydrogen-bond acceptors (Lipinski definition) is 1. The molecule has 0 atom stereocenters. The van der Waals surface area contributed by atoms with E-state index in [4.69, 9.17) is 11.6 Å². The molecule has 0 aromatic rings. The van der Waals surface area contributed by atoms with E-state index in [1.807, 2.05) is 11.9 Å². The molecule has 0 aliphatic heterocycles. The number of nitrogens with zero attached hydrogens (tertiary/aromatic N) is 1. The molecule has 2 nitrogen and oxygen atoms in total. The first-order chi connectivity index (χ1) is 9.33. The summed E-state index contributed by atoms with van der Waals surface area (Å²) in [5.74, 6) is 3.55. The molecule has 0 heterocycles. The summed E-state index contributed by atoms with van der Waals surface area (Å²) in [4.78, 5) is 14.6. The lowest BCUT2D eigenvalue weighted by Gasteiger charge is -2.57. The van der Waals surface area contributed by atoms with Crippen LogP contribution in [-0.4, -0.2) is 29.3 Å². The summed E-state index contributed by atoms with van der Waals surface area (Å²) in [6.45, 7) is 4.11. The van der Waals surface area contributed by atoms with Gasteiger partial charge in [-0.05, 0) is 75.5 Å². The maximum Gasteiger partial charge on any atom is 0.223 e. The number of carbonyl (C=O) groups is 1. The third-order valence-electron chi connectivity index (χ3n) is 6.30. The second-order valence-corrected chi connectivity index (χ2v) is 8.76. The van der Waals surface area contributed by atoms with E-state index in [9.17, 15) is 4.79 Å². The molecule has 4 saturated carbocycles. The summed E-state index contributed by atoms with van der Waals surface area (Å²) >= 11 is 6.01. The van der Waals surface area contributed by atoms with Crippen LogP contribution in [0, 0.1) is 23.2 Å². The van der Waals surface area contributed by atoms with Gasteiger partial charge in [0, 0.05) is 19.3 Å². The van der Waals surface area contributed by atoms with Crippen molar-refractivity contribution < 1.29 is 4.79 Å². The fourth-order valence-corrected chi connectivity index (χ4v) is 5.55. The minimum atomic E-state index is -0.235. The Bertz CT molecular complexity index is 369. The van der Waals surface area contributed by atoms with Crippen LogP contribution in [0.25, 0.3) is 0 Å². The molecule has 0 radical (unpaired) electrons. The van der Waals surface area contributed by atoms with Crippen LogP contribution in [-0.2, 0) is 4.79 Å². The van der Waals surface area contributed by atoms with E-state index in [0.29, 0.717) is 17.2 Å². The van der Waals surface area contributed by atoms with Crippen LogP contribution in [0.15, 0.2) is 0 Å². The molecule has 4 fully saturated rings. The maximum atomic E-state index is 12.7. The molecule has 20 heavy (non-hydrogen) atoms. The molecule has 0 saturated heterocycles. The van der Waals surface area contributed by atoms with Gasteiger partial charge in [0.25, 0.3) is 0 Å². The van der Waals surface area contributed by atoms with E-state index in [1.165, 1.54) is 38.5 Å². The summed E-state index contributed by atoms with van der Waals surface area (Å²) in [6.07, 6.45) is 9.00. The number of halogens is 1. The van der Waals surface area contributed by atoms with E-state index in [1.54, 1.807) is 0 Å². The Balaban J connectivity index is 1.70. The lowest BCUT2D eigenvalue weighted by molar-refractivity contribution is -0.142. The fourth-order valence-electron chi connectivity index (χ4n) is 5.37. The second kappa shape index (κ2) is 4.90. The van der Waals surface area contributed by atoms with Crippen LogP contribution < -0.4 is 0 Å². The summed E-state index contributed by atoms with van der Waals surface area (Å²) in [7, 11) is 1.92. The van der Waals surface area contributed by atoms with Gasteiger partial charge in [0.1, 0.15) is 0 Å². The average molecular weight is 298 g/mol. The summed E-state index contributed by atoms with van der Waals surface area (Å²) < 4.78 is 0. The maximum absolute atomic E-state index is 12.7. The summed E-state index contributed by atoms with van der Waals surface area (Å²) in [6, 6.07) is 0. The molecule has 114 valence electrons. The minimum Gasteiger partial charge on any atom is -0.339 e. The molecule has 0 unspecified atom stereocenters. The third kappa shape index (κ3) is 2.49. The molecule has 0 aromatic heterocycles. The SMILES string of the molecule is CN(C(=O)CC12CC3CC(CC(C3)C1)C2)C(C)(C)CCl. The van der Waals surface area contributed by atoms with Gasteiger partial charge in [0.05, 0.1) is 5.54 Å². The smallest absolute Gasteiger partial charge is 0.223 e. The Labute approximate surface area is 128 Å². The Hall–Kier alpha value is -0.240. The van der Waals surface area contributed by atoms with E-state index in [-0.39, 0.29) is 5.54 Å². The number of rotatable bonds is 4. The fraction of sp³-hybridized carbons (Fsp3) is 0.941. The molecule has 3 heteroatoms. The van der Waals surface area contributed by atoms with Gasteiger partial charge in [0.2, 0.25) is 5.91 Å². The summed E-state index contributed by atoms with van der Waals surface area (Å²) in [5, 5.41) is 0. The highest BCUT2D eigenvalue weighted by molar-refractivity contribution is 6.18. The van der Waals surface area contributed by atoms with Crippen molar-refractivity contribution in [1.29, 1.82) is 0 Å². The van der Waals surface area contributed by atoms with Gasteiger partial charge in [0.15, 0.2) is 0 Å². The largest absolute Gasteiger partial charge is 0.339 e. The Morgan fingerprint density at radius 3 is 2.00 bits per heavy atom. The zero-order valence-electron chi connectivity index (χ0n) is 13.1. The van der Waals surface area contributed by atoms with Crippen LogP contribution in [0.4, 0.5) is 0 Å². The highest BCUT2D eigenvalue weighted by Crippen LogP contribution is 2.61. The van der Waals surface area contributed by atoms with Crippen LogP contribution in [0.2, 0.25) is 0 Å². The van der Waals surface area contributed by atoms with Gasteiger partial charge in [-0.25, -0.2) is 0 Å². The van der Waals surface area contributed by atoms with Gasteiger partial charge in [-0.3, -0.25) is 4.79 Å². The van der Waals surface area contributed by atoms with Crippen LogP contribution >= 0.6 is 11.6 Å². The molecular formula is C17H28ClNO. The highest BCUT2D eigenvalue weighted by atomic mass is 35.5. The van der Waals surface area contributed by atoms with Crippen LogP contribution in [0.5, 0.6) is 0 Å². The van der Waals surface area contributed by atoms with Crippen molar-refractivity contribution in [3.8, 4) is 0 Å². The molecule has 0 spiro atoms. The third-order valence-corrected chi connectivity index (χ3v) is 6.95. The monoisotopic (exact) mass is 297 g/mol. The molecule has 4 aliphatic rings. The number of alkyl halides is 1. The lowest BCUT2D eigenvalue weighted by Crippen LogP contribution is -2.51. The number of carbonyl (C=O) groups excluding carboxylic acids is 1. The van der Waals surface area contributed by atoms with E-state index < -0.39 is 0 Å². The number of hydrogen-bond donors (Lipinski definition) is 0. The normalized spacial score (nSPS) is 39.1. The predicted octanol–water partition coefficient (Wildman–Crippen LogP) is 4.07. The van der Waals surface area contributed by atoms with Gasteiger partial charge < -0.3 is 4.90 Å². The molecule has 4 aliphatic carbocycles. The zero-order valence-corrected chi connectivity index (χ0v) is 13.9. The Kier molecular flexibility index (Phi) is 3.60. The van der Waals surface area contributed by atoms with Gasteiger partial charge in [-0.2, -0.15) is 0 Å². The molecule has 4 rings (SSSR count). The van der Waals surface area contributed by atoms with E-state index in [2.05, 4.69) is 13.8 Å². The van der Waals surface area contributed by atoms with E-state index >= 15 is 0 Å². The average Bonchev–Trinajstić information content (AvgIpc) is 2.35. The first kappa shape index (κ1) is 14.7. The van der Waals surface area contributed by atoms with Crippen molar-refractivity contribution in [2.75, 3.05) is 12.9 Å². The van der Waals surface area contributed by atoms with E-state index in [0.717, 1.165) is 24.2 Å². The standard InChI is InChI=1S/C17H28ClNO/c1-16(2,11-18)19(3)15(20)10-17-7-12-4-13(8-17)6-14(5-12)9-17/h12-14H,4-11H2,1-3H3. The van der Waals surface area contributed by atoms with Crippen molar-refractivity contribution >= 4 is 17.5 Å². The van der Waals surface area contributed by atoms with Gasteiger partial charge >= 0.3 is 0 Å². The Morgan fingerprint density at radius 1 is 1.15 bits per heavy atom. The minimum absolute atomic E-state index is 0.235. The molecule has 1 amide bonds. The van der Waals surface area contributed by atoms with Crippen molar-refractivity contribution in [1.82, 2.24) is 4.90 Å². The van der Waals surface area contributed by atoms with Gasteiger partial charge in [-0.15, -0.1) is 11.6 Å². The highest BCUT2D eigenvalue weighted by Gasteiger charge is 2.51. The molecular weight excluding hydrogens is 270 g/mol. The first-order valence-corrected chi connectivity index (χ1v) is 8.70. The Morgan fingerprint density at radius 2 is 1.60 bits per heavy atom. The second-order valence-electron chi connectivity index (χ2n) is 8.49. The molecule has 4 bridgehead atoms. The molecule has 0 N–H and O–H groups in total. The summed E-state index contributed by atoms with van der Waals surface area (Å²) in [5.41, 5.74) is 0.101. The van der Waals surface area contributed by atoms with Crippen molar-refractivity contribution in [2.45, 2.75) is 64.3 Å². The lowest BCUT2D eigenvalue weighted by atomic mass is 9.49. The quantitative estimate of drug-likeness (QED) is 0.716. The van der Waals surface area contributed by atoms with Crippen molar-refractivity contribution in [3.05, 3.63) is 0 Å². The van der Waals surface area contributed by atoms with Crippen molar-refractivity contribution in [3.63, 3.8) is 0 Å². The van der Waals surface area contributed by atoms with Crippen molar-refractivity contribution in [2.24, 2.45) is 23.2 Å². The predicted molar refractivity (Wildman–Crippen MR) is 82.8 cm³/mol.